The van der Waals surface area contributed by atoms with E-state index >= 15 is 0 Å². The Bertz CT molecular complexity index is 6030. The molecule has 0 saturated carbocycles. The molecule has 23 N–H and O–H groups in total. The van der Waals surface area contributed by atoms with Crippen molar-refractivity contribution in [3.63, 3.8) is 0 Å². The third-order valence-corrected chi connectivity index (χ3v) is 24.7. The van der Waals surface area contributed by atoms with Crippen LogP contribution in [0.15, 0.2) is 87.7 Å². The second-order valence-corrected chi connectivity index (χ2v) is 32.8. The first kappa shape index (κ1) is 92.9. The quantitative estimate of drug-likeness (QED) is 0.0471. The van der Waals surface area contributed by atoms with Gasteiger partial charge in [0.15, 0.2) is 45.8 Å². The van der Waals surface area contributed by atoms with Gasteiger partial charge in [-0.1, -0.05) is 41.5 Å². The summed E-state index contributed by atoms with van der Waals surface area (Å²) in [6, 6.07) is 0. The largest absolute Gasteiger partial charge is 0.394 e. The summed E-state index contributed by atoms with van der Waals surface area (Å²) < 4.78 is 50.3. The standard InChI is InChI=1S/C12H17N5O3.C12H15N5O3.C12H17N5O.C11H15N5O2.C11H13N5O2.C10H13N5O4.C10H13N5O3/c2*1-7-2-9(20-12(7,4-18)5-19)8-3-16-17-10(8)14-6-15-11(17)13;1-3-9-7(2)4-10(18-9)8-5-16-17-11(8)14-6-15-12(17)13;2*1-6-2-8(18-9(6)4-17)7-3-15-16-10(7)13-5-14-11(16)12;11-10-13-3-12-9-4(1-14-15(9)10)8-7(18)6(17)5(2-16)19-8;11-10-13-4-12-9-5(2-14-15(9)10)7-1-6(17)8(3-16)18-7/h3,6-7,9,18-19H,2,4-5H2,1H3,(H2,13,14,15);3-4,6-7,9,19H,2,5H2,1H3,(H2,13,14,15);5-7,9-10H,3-4H2,1-2H3,(H2,13,14,15);3,5-6,8-9,17H,2,4H2,1H3,(H2,12,13,14);3-6,8-9H,2H2,1H3,(H2,12,13,14);1,3,5-8,16-18H,2H2,(H2,11,12,13);2,4,6-8,16-17H,1,3H2,(H2,11,12,13)/t7-,9+;7-,9+,12+;7-,9+,10+;2*6-,8+,9+;5-,6-,7-,8+;6-,7+,8+/m0000010/s1. The molecule has 53 heteroatoms. The molecule has 21 rings (SSSR count). The minimum Gasteiger partial charge on any atom is -0.394 e. The van der Waals surface area contributed by atoms with Gasteiger partial charge in [-0.15, -0.1) is 0 Å². The second kappa shape index (κ2) is 39.5. The van der Waals surface area contributed by atoms with Gasteiger partial charge in [0.2, 0.25) is 41.6 Å². The SMILES string of the molecule is CC[C@H]1O[C@@H](c2cnn3c(N)ncnc23)C[C@@H]1C.C[C@H]1C[C@H](c2cnn3c(N)ncnc23)OC1(CO)CO.C[C@H]1C[C@H](c2cnn3c(N)ncnc23)O[C@@H]1C=O.C[C@H]1C[C@H](c2cnn3c(N)ncnc23)O[C@@H]1CO.C[C@H]1C[C@H](c2cnn3c(N)ncnc23)O[C@]1(C=O)CO.Nc1ncnc2c([C@@H]3O[C@H](CO)[C@@H](O)[C@H]3O)cnn12.Nc1ncnc2c([C@H]3C[C@H](O)[C@@H](CO)O3)cnn12. The summed E-state index contributed by atoms with van der Waals surface area (Å²) in [5.41, 5.74) is 47.5. The summed E-state index contributed by atoms with van der Waals surface area (Å²) in [5.74, 6) is 2.82. The van der Waals surface area contributed by atoms with Gasteiger partial charge >= 0.3 is 0 Å². The number of aliphatic hydroxyl groups excluding tert-OH is 9. The Labute approximate surface area is 741 Å². The Morgan fingerprint density at radius 1 is 0.351 bits per heavy atom. The number of hydrogen-bond donors (Lipinski definition) is 16. The second-order valence-electron chi connectivity index (χ2n) is 32.8. The van der Waals surface area contributed by atoms with Crippen molar-refractivity contribution in [1.29, 1.82) is 0 Å². The number of aldehydes is 2. The van der Waals surface area contributed by atoms with Crippen LogP contribution >= 0.6 is 0 Å². The Balaban J connectivity index is 0.000000117. The van der Waals surface area contributed by atoms with Crippen LogP contribution in [-0.2, 0) is 42.7 Å². The molecule has 7 fully saturated rings. The fraction of sp³-hybridized carbons (Fsp3) is 0.526. The lowest BCUT2D eigenvalue weighted by atomic mass is 9.89. The lowest BCUT2D eigenvalue weighted by Crippen LogP contribution is -2.42. The van der Waals surface area contributed by atoms with Gasteiger partial charge in [-0.05, 0) is 68.1 Å². The van der Waals surface area contributed by atoms with E-state index in [1.807, 2.05) is 20.8 Å². The molecule has 21 heterocycles. The molecule has 0 aliphatic carbocycles. The van der Waals surface area contributed by atoms with Crippen LogP contribution in [0.25, 0.3) is 39.5 Å². The van der Waals surface area contributed by atoms with Crippen LogP contribution in [0.2, 0.25) is 0 Å². The third kappa shape index (κ3) is 18.2. The van der Waals surface area contributed by atoms with E-state index in [4.69, 9.17) is 83.5 Å². The van der Waals surface area contributed by atoms with Crippen molar-refractivity contribution in [3.05, 3.63) is 127 Å². The minimum absolute atomic E-state index is 0.0247. The summed E-state index contributed by atoms with van der Waals surface area (Å²) in [5, 5.41) is 114. The Hall–Kier alpha value is -12.8. The number of nitrogens with zero attached hydrogens (tertiary/aromatic N) is 28. The first-order valence-corrected chi connectivity index (χ1v) is 42.0. The highest BCUT2D eigenvalue weighted by atomic mass is 16.6. The normalized spacial score (nSPS) is 28.3. The Morgan fingerprint density at radius 2 is 0.664 bits per heavy atom. The number of aromatic nitrogens is 28. The summed E-state index contributed by atoms with van der Waals surface area (Å²) in [6.07, 6.45) is 21.4. The van der Waals surface area contributed by atoms with Gasteiger partial charge in [-0.25, -0.2) is 69.8 Å². The van der Waals surface area contributed by atoms with E-state index in [1.165, 1.54) is 77.6 Å². The third-order valence-electron chi connectivity index (χ3n) is 24.7. The number of nitrogen functional groups attached to an aromatic ring is 7. The van der Waals surface area contributed by atoms with Crippen LogP contribution < -0.4 is 40.1 Å². The number of anilines is 7. The van der Waals surface area contributed by atoms with Gasteiger partial charge in [0.05, 0.1) is 138 Å². The molecule has 0 aromatic carbocycles. The summed E-state index contributed by atoms with van der Waals surface area (Å²) in [4.78, 5) is 78.2. The number of aliphatic hydroxyl groups is 9. The molecular formula is C78H103N35O18. The van der Waals surface area contributed by atoms with Crippen LogP contribution in [-0.4, -0.2) is 295 Å². The van der Waals surface area contributed by atoms with E-state index < -0.39 is 47.8 Å². The molecule has 0 amide bonds. The molecule has 7 aliphatic heterocycles. The maximum absolute atomic E-state index is 11.3. The average molecular weight is 1820 g/mol. The van der Waals surface area contributed by atoms with E-state index in [9.17, 15) is 45.3 Å². The average Bonchev–Trinajstić information content (AvgIpc) is 1.62. The zero-order chi connectivity index (χ0) is 93.0. The maximum Gasteiger partial charge on any atom is 0.224 e. The number of fused-ring (bicyclic) bond motifs is 7. The monoisotopic (exact) mass is 1820 g/mol. The van der Waals surface area contributed by atoms with Crippen molar-refractivity contribution in [1.82, 2.24) is 137 Å². The molecule has 7 aliphatic rings. The molecule has 0 unspecified atom stereocenters. The molecule has 131 heavy (non-hydrogen) atoms. The molecule has 698 valence electrons. The van der Waals surface area contributed by atoms with Gasteiger partial charge in [-0.3, -0.25) is 0 Å². The fourth-order valence-electron chi connectivity index (χ4n) is 17.0. The van der Waals surface area contributed by atoms with Gasteiger partial charge in [0.1, 0.15) is 98.4 Å². The van der Waals surface area contributed by atoms with Gasteiger partial charge < -0.3 is 129 Å². The molecule has 14 aromatic rings. The zero-order valence-corrected chi connectivity index (χ0v) is 71.7. The van der Waals surface area contributed by atoms with Crippen LogP contribution in [0.1, 0.15) is 168 Å². The highest BCUT2D eigenvalue weighted by molar-refractivity contribution is 5.65. The van der Waals surface area contributed by atoms with E-state index in [1.54, 1.807) is 41.7 Å². The molecule has 21 atom stereocenters. The molecular weight excluding hydrogens is 1720 g/mol. The van der Waals surface area contributed by atoms with Crippen LogP contribution in [0.3, 0.4) is 0 Å². The summed E-state index contributed by atoms with van der Waals surface area (Å²) in [6.45, 7) is 10.9. The lowest BCUT2D eigenvalue weighted by molar-refractivity contribution is -0.139. The molecule has 0 bridgehead atoms. The number of rotatable bonds is 16. The first-order chi connectivity index (χ1) is 63.2. The Morgan fingerprint density at radius 3 is 0.962 bits per heavy atom. The number of hydrogen-bond acceptors (Lipinski definition) is 46. The van der Waals surface area contributed by atoms with Crippen LogP contribution in [0.4, 0.5) is 41.6 Å². The number of nitrogens with two attached hydrogens (primary N) is 7. The van der Waals surface area contributed by atoms with Crippen molar-refractivity contribution in [3.8, 4) is 0 Å². The van der Waals surface area contributed by atoms with E-state index in [2.05, 4.69) is 126 Å². The summed E-state index contributed by atoms with van der Waals surface area (Å²) >= 11 is 0. The van der Waals surface area contributed by atoms with Gasteiger partial charge in [0, 0.05) is 45.4 Å². The predicted molar refractivity (Wildman–Crippen MR) is 454 cm³/mol. The minimum atomic E-state index is -1.17. The predicted octanol–water partition coefficient (Wildman–Crippen LogP) is -1.87. The van der Waals surface area contributed by atoms with Crippen molar-refractivity contribution in [2.45, 2.75) is 189 Å². The molecule has 7 saturated heterocycles. The first-order valence-electron chi connectivity index (χ1n) is 42.0. The van der Waals surface area contributed by atoms with Gasteiger partial charge in [0.25, 0.3) is 0 Å². The van der Waals surface area contributed by atoms with Crippen molar-refractivity contribution < 1.29 is 88.7 Å². The van der Waals surface area contributed by atoms with E-state index in [0.29, 0.717) is 94.8 Å². The molecule has 0 radical (unpaired) electrons. The van der Waals surface area contributed by atoms with E-state index in [-0.39, 0.29) is 136 Å². The molecule has 0 spiro atoms. The molecule has 53 nitrogen and oxygen atoms in total. The van der Waals surface area contributed by atoms with E-state index in [0.717, 1.165) is 71.0 Å². The highest BCUT2D eigenvalue weighted by Crippen LogP contribution is 2.47. The lowest BCUT2D eigenvalue weighted by Gasteiger charge is -2.28. The Kier molecular flexibility index (Phi) is 28.0. The maximum atomic E-state index is 11.3. The topological polar surface area (TPSA) is 765 Å². The zero-order valence-electron chi connectivity index (χ0n) is 71.7. The molecule has 14 aromatic heterocycles. The number of ether oxygens (including phenoxy) is 7. The highest BCUT2D eigenvalue weighted by Gasteiger charge is 2.50. The van der Waals surface area contributed by atoms with Crippen LogP contribution in [0, 0.1) is 29.6 Å². The fourth-order valence-corrected chi connectivity index (χ4v) is 17.0. The van der Waals surface area contributed by atoms with Crippen molar-refractivity contribution >= 4 is 93.7 Å². The summed E-state index contributed by atoms with van der Waals surface area (Å²) in [7, 11) is 0. The van der Waals surface area contributed by atoms with Gasteiger partial charge in [-0.2, -0.15) is 67.3 Å². The van der Waals surface area contributed by atoms with Crippen molar-refractivity contribution in [2.24, 2.45) is 29.6 Å². The van der Waals surface area contributed by atoms with Crippen LogP contribution in [0.5, 0.6) is 0 Å². The number of carbonyl (C=O) groups excluding carboxylic acids is 2. The number of carbonyl (C=O) groups is 2. The van der Waals surface area contributed by atoms with Crippen molar-refractivity contribution in [2.75, 3.05) is 79.8 Å². The smallest absolute Gasteiger partial charge is 0.224 e.